The minimum absolute atomic E-state index is 0.157. The molecule has 0 aromatic rings. The lowest BCUT2D eigenvalue weighted by molar-refractivity contribution is -0.179. The summed E-state index contributed by atoms with van der Waals surface area (Å²) in [5, 5.41) is 0. The van der Waals surface area contributed by atoms with Crippen LogP contribution >= 0.6 is 7.60 Å². The van der Waals surface area contributed by atoms with Gasteiger partial charge in [0.15, 0.2) is 0 Å². The van der Waals surface area contributed by atoms with E-state index in [4.69, 9.17) is 23.3 Å². The maximum atomic E-state index is 13.0. The summed E-state index contributed by atoms with van der Waals surface area (Å²) in [6.07, 6.45) is -2.19. The molecule has 0 aliphatic rings. The van der Waals surface area contributed by atoms with Crippen LogP contribution < -0.4 is 0 Å². The molecule has 0 heterocycles. The number of carbonyl (C=O) groups excluding carboxylic acids is 2. The zero-order valence-corrected chi connectivity index (χ0v) is 17.0. The standard InChI is InChI=1S/C16H31O8P/c1-8-13(17)21-15(11(3)4)23-25(19,10-20-7)24-16(12(5)6)22-14(18)9-2/h11-12,15-16H,8-10H2,1-7H3. The van der Waals surface area contributed by atoms with Crippen LogP contribution in [-0.2, 0) is 37.4 Å². The van der Waals surface area contributed by atoms with Crippen LogP contribution in [0, 0.1) is 11.8 Å². The normalized spacial score (nSPS) is 16.4. The van der Waals surface area contributed by atoms with Gasteiger partial charge < -0.3 is 14.2 Å². The van der Waals surface area contributed by atoms with E-state index in [1.165, 1.54) is 7.11 Å². The lowest BCUT2D eigenvalue weighted by Crippen LogP contribution is -2.30. The summed E-state index contributed by atoms with van der Waals surface area (Å²) in [5.74, 6) is -1.50. The number of hydrogen-bond acceptors (Lipinski definition) is 8. The zero-order valence-electron chi connectivity index (χ0n) is 16.1. The van der Waals surface area contributed by atoms with Crippen molar-refractivity contribution in [3.63, 3.8) is 0 Å². The second kappa shape index (κ2) is 11.6. The van der Waals surface area contributed by atoms with Crippen LogP contribution in [-0.4, -0.2) is 38.0 Å². The molecule has 8 nitrogen and oxygen atoms in total. The molecule has 0 aliphatic carbocycles. The van der Waals surface area contributed by atoms with Crippen molar-refractivity contribution in [3.8, 4) is 0 Å². The molecule has 0 aromatic heterocycles. The predicted molar refractivity (Wildman–Crippen MR) is 91.7 cm³/mol. The molecule has 0 radical (unpaired) electrons. The molecule has 0 spiro atoms. The second-order valence-corrected chi connectivity index (χ2v) is 8.05. The average Bonchev–Trinajstić information content (AvgIpc) is 2.53. The van der Waals surface area contributed by atoms with Crippen LogP contribution in [0.4, 0.5) is 0 Å². The molecule has 25 heavy (non-hydrogen) atoms. The summed E-state index contributed by atoms with van der Waals surface area (Å²) in [4.78, 5) is 23.1. The summed E-state index contributed by atoms with van der Waals surface area (Å²) >= 11 is 0. The van der Waals surface area contributed by atoms with E-state index in [0.717, 1.165) is 0 Å². The smallest absolute Gasteiger partial charge is 0.362 e. The van der Waals surface area contributed by atoms with E-state index in [0.29, 0.717) is 0 Å². The van der Waals surface area contributed by atoms with Gasteiger partial charge in [0, 0.05) is 31.8 Å². The number of rotatable bonds is 12. The quantitative estimate of drug-likeness (QED) is 0.286. The van der Waals surface area contributed by atoms with E-state index in [1.54, 1.807) is 41.5 Å². The van der Waals surface area contributed by atoms with Gasteiger partial charge in [0.05, 0.1) is 0 Å². The molecule has 2 atom stereocenters. The number of carbonyl (C=O) groups is 2. The van der Waals surface area contributed by atoms with Crippen molar-refractivity contribution >= 4 is 19.5 Å². The first-order chi connectivity index (χ1) is 11.6. The van der Waals surface area contributed by atoms with Crippen LogP contribution in [0.25, 0.3) is 0 Å². The number of esters is 2. The number of hydrogen-bond donors (Lipinski definition) is 0. The van der Waals surface area contributed by atoms with Gasteiger partial charge in [-0.2, -0.15) is 0 Å². The van der Waals surface area contributed by atoms with Gasteiger partial charge in [0.1, 0.15) is 6.35 Å². The highest BCUT2D eigenvalue weighted by Crippen LogP contribution is 2.52. The molecule has 0 N–H and O–H groups in total. The average molecular weight is 382 g/mol. The first kappa shape index (κ1) is 24.1. The lowest BCUT2D eigenvalue weighted by Gasteiger charge is -2.30. The predicted octanol–water partition coefficient (Wildman–Crippen LogP) is 3.69. The van der Waals surface area contributed by atoms with Crippen LogP contribution in [0.2, 0.25) is 0 Å². The van der Waals surface area contributed by atoms with Gasteiger partial charge in [-0.25, -0.2) is 0 Å². The first-order valence-corrected chi connectivity index (χ1v) is 10.1. The fourth-order valence-electron chi connectivity index (χ4n) is 1.54. The Morgan fingerprint density at radius 3 is 1.44 bits per heavy atom. The molecule has 0 bridgehead atoms. The van der Waals surface area contributed by atoms with E-state index in [9.17, 15) is 14.2 Å². The Morgan fingerprint density at radius 1 is 0.840 bits per heavy atom. The second-order valence-electron chi connectivity index (χ2n) is 6.15. The molecule has 2 unspecified atom stereocenters. The van der Waals surface area contributed by atoms with Gasteiger partial charge in [0.2, 0.25) is 12.6 Å². The van der Waals surface area contributed by atoms with E-state index < -0.39 is 32.1 Å². The summed E-state index contributed by atoms with van der Waals surface area (Å²) in [5.41, 5.74) is 0. The fourth-order valence-corrected chi connectivity index (χ4v) is 3.24. The highest BCUT2D eigenvalue weighted by Gasteiger charge is 2.37. The lowest BCUT2D eigenvalue weighted by atomic mass is 10.2. The van der Waals surface area contributed by atoms with Crippen molar-refractivity contribution in [2.75, 3.05) is 13.5 Å². The van der Waals surface area contributed by atoms with Crippen molar-refractivity contribution in [1.82, 2.24) is 0 Å². The first-order valence-electron chi connectivity index (χ1n) is 8.42. The molecule has 0 rings (SSSR count). The Bertz CT molecular complexity index is 427. The monoisotopic (exact) mass is 382 g/mol. The van der Waals surface area contributed by atoms with Crippen molar-refractivity contribution < 1.29 is 37.4 Å². The highest BCUT2D eigenvalue weighted by molar-refractivity contribution is 7.53. The van der Waals surface area contributed by atoms with Gasteiger partial charge in [-0.3, -0.25) is 23.2 Å². The van der Waals surface area contributed by atoms with E-state index >= 15 is 0 Å². The van der Waals surface area contributed by atoms with Crippen LogP contribution in [0.15, 0.2) is 0 Å². The van der Waals surface area contributed by atoms with Gasteiger partial charge in [-0.05, 0) is 0 Å². The molecular formula is C16H31O8P. The summed E-state index contributed by atoms with van der Waals surface area (Å²) in [7, 11) is -2.51. The molecule has 0 saturated carbocycles. The van der Waals surface area contributed by atoms with Crippen LogP contribution in [0.3, 0.4) is 0 Å². The molecule has 0 saturated heterocycles. The Morgan fingerprint density at radius 2 is 1.20 bits per heavy atom. The summed E-state index contributed by atoms with van der Waals surface area (Å²) < 4.78 is 39.3. The Balaban J connectivity index is 5.30. The minimum Gasteiger partial charge on any atom is -0.435 e. The number of methoxy groups -OCH3 is 1. The molecular weight excluding hydrogens is 351 g/mol. The van der Waals surface area contributed by atoms with Crippen molar-refractivity contribution in [2.45, 2.75) is 67.0 Å². The Hall–Kier alpha value is -0.950. The molecule has 9 heteroatoms. The molecule has 0 aromatic carbocycles. The largest absolute Gasteiger partial charge is 0.435 e. The van der Waals surface area contributed by atoms with Gasteiger partial charge in [-0.15, -0.1) is 0 Å². The van der Waals surface area contributed by atoms with Crippen LogP contribution in [0.1, 0.15) is 54.4 Å². The van der Waals surface area contributed by atoms with Crippen molar-refractivity contribution in [3.05, 3.63) is 0 Å². The van der Waals surface area contributed by atoms with Gasteiger partial charge in [-0.1, -0.05) is 41.5 Å². The van der Waals surface area contributed by atoms with Crippen molar-refractivity contribution in [2.24, 2.45) is 11.8 Å². The SMILES string of the molecule is CCC(=O)OC(OP(=O)(COC)OC(OC(=O)CC)C(C)C)C(C)C. The third-order valence-corrected chi connectivity index (χ3v) is 4.61. The van der Waals surface area contributed by atoms with Gasteiger partial charge in [0.25, 0.3) is 0 Å². The topological polar surface area (TPSA) is 97.4 Å². The Kier molecular flexibility index (Phi) is 11.2. The molecule has 0 amide bonds. The third-order valence-electron chi connectivity index (χ3n) is 2.98. The van der Waals surface area contributed by atoms with E-state index in [-0.39, 0.29) is 31.0 Å². The minimum atomic E-state index is -3.85. The summed E-state index contributed by atoms with van der Waals surface area (Å²) in [6, 6.07) is 0. The van der Waals surface area contributed by atoms with E-state index in [1.807, 2.05) is 0 Å². The summed E-state index contributed by atoms with van der Waals surface area (Å²) in [6.45, 7) is 10.3. The van der Waals surface area contributed by atoms with E-state index in [2.05, 4.69) is 0 Å². The maximum absolute atomic E-state index is 13.0. The third kappa shape index (κ3) is 9.35. The number of ether oxygens (including phenoxy) is 3. The van der Waals surface area contributed by atoms with Crippen molar-refractivity contribution in [1.29, 1.82) is 0 Å². The molecule has 0 aliphatic heterocycles. The fraction of sp³-hybridized carbons (Fsp3) is 0.875. The molecule has 0 fully saturated rings. The molecule has 148 valence electrons. The van der Waals surface area contributed by atoms with Gasteiger partial charge >= 0.3 is 19.5 Å². The highest BCUT2D eigenvalue weighted by atomic mass is 31.2. The van der Waals surface area contributed by atoms with Crippen LogP contribution in [0.5, 0.6) is 0 Å². The Labute approximate surface area is 150 Å². The zero-order chi connectivity index (χ0) is 19.6. The maximum Gasteiger partial charge on any atom is 0.362 e.